The molecule has 1 N–H and O–H groups in total. The number of ether oxygens (including phenoxy) is 1. The predicted octanol–water partition coefficient (Wildman–Crippen LogP) is 5.41. The summed E-state index contributed by atoms with van der Waals surface area (Å²) in [4.78, 5) is 4.52. The van der Waals surface area contributed by atoms with Crippen molar-refractivity contribution < 1.29 is 9.84 Å². The summed E-state index contributed by atoms with van der Waals surface area (Å²) in [6, 6.07) is 12.3. The Hall–Kier alpha value is -1.87. The van der Waals surface area contributed by atoms with Gasteiger partial charge < -0.3 is 9.84 Å². The van der Waals surface area contributed by atoms with Crippen molar-refractivity contribution in [1.82, 2.24) is 4.98 Å². The highest BCUT2D eigenvalue weighted by Gasteiger charge is 2.01. The van der Waals surface area contributed by atoms with E-state index in [1.165, 1.54) is 32.1 Å². The minimum atomic E-state index is 0.224. The maximum atomic E-state index is 8.88. The summed E-state index contributed by atoms with van der Waals surface area (Å²) >= 11 is 0. The van der Waals surface area contributed by atoms with Crippen LogP contribution < -0.4 is 4.74 Å². The van der Waals surface area contributed by atoms with E-state index in [9.17, 15) is 0 Å². The molecule has 3 heteroatoms. The predicted molar refractivity (Wildman–Crippen MR) is 104 cm³/mol. The number of nitrogens with zero attached hydrogens (tertiary/aromatic N) is 1. The molecule has 2 rings (SSSR count). The molecule has 3 nitrogen and oxygen atoms in total. The highest BCUT2D eigenvalue weighted by molar-refractivity contribution is 5.60. The van der Waals surface area contributed by atoms with Crippen molar-refractivity contribution in [1.29, 1.82) is 0 Å². The Morgan fingerprint density at radius 2 is 1.64 bits per heavy atom. The van der Waals surface area contributed by atoms with Crippen LogP contribution >= 0.6 is 0 Å². The third-order valence-corrected chi connectivity index (χ3v) is 4.37. The average molecular weight is 341 g/mol. The molecule has 136 valence electrons. The lowest BCUT2D eigenvalue weighted by molar-refractivity contribution is 0.288. The maximum absolute atomic E-state index is 8.88. The van der Waals surface area contributed by atoms with Crippen molar-refractivity contribution in [3.8, 4) is 17.0 Å². The molecule has 0 fully saturated rings. The lowest BCUT2D eigenvalue weighted by Crippen LogP contribution is -1.97. The van der Waals surface area contributed by atoms with Gasteiger partial charge in [0.1, 0.15) is 5.75 Å². The van der Waals surface area contributed by atoms with Crippen molar-refractivity contribution >= 4 is 0 Å². The Labute approximate surface area is 152 Å². The zero-order valence-corrected chi connectivity index (χ0v) is 15.4. The molecule has 0 saturated heterocycles. The number of benzene rings is 1. The van der Waals surface area contributed by atoms with E-state index in [4.69, 9.17) is 9.84 Å². The van der Waals surface area contributed by atoms with Crippen LogP contribution in [-0.2, 0) is 6.42 Å². The topological polar surface area (TPSA) is 42.4 Å². The van der Waals surface area contributed by atoms with Crippen LogP contribution in [0.25, 0.3) is 11.3 Å². The largest absolute Gasteiger partial charge is 0.494 e. The highest BCUT2D eigenvalue weighted by Crippen LogP contribution is 2.21. The van der Waals surface area contributed by atoms with Gasteiger partial charge in [0.2, 0.25) is 0 Å². The molecule has 2 aromatic rings. The van der Waals surface area contributed by atoms with E-state index < -0.39 is 0 Å². The fourth-order valence-electron chi connectivity index (χ4n) is 2.82. The van der Waals surface area contributed by atoms with Crippen LogP contribution in [-0.4, -0.2) is 23.3 Å². The molecule has 0 bridgehead atoms. The highest BCUT2D eigenvalue weighted by atomic mass is 16.5. The number of unbranched alkanes of at least 4 members (excludes halogenated alkanes) is 5. The van der Waals surface area contributed by atoms with Crippen LogP contribution in [0.2, 0.25) is 0 Å². The summed E-state index contributed by atoms with van der Waals surface area (Å²) in [5.41, 5.74) is 3.23. The molecular weight excluding hydrogens is 310 g/mol. The normalized spacial score (nSPS) is 10.8. The quantitative estimate of drug-likeness (QED) is 0.525. The molecule has 25 heavy (non-hydrogen) atoms. The molecule has 1 aromatic heterocycles. The standard InChI is InChI=1S/C22H31NO2/c1-2-3-4-5-6-7-17-25-21-13-11-20(12-14-21)22-15-10-19(18-23-22)9-8-16-24/h10-15,18,24H,2-9,16-17H2,1H3. The van der Waals surface area contributed by atoms with Gasteiger partial charge in [-0.1, -0.05) is 45.1 Å². The van der Waals surface area contributed by atoms with Gasteiger partial charge in [0.25, 0.3) is 0 Å². The van der Waals surface area contributed by atoms with Crippen LogP contribution in [0.15, 0.2) is 42.6 Å². The lowest BCUT2D eigenvalue weighted by atomic mass is 10.1. The summed E-state index contributed by atoms with van der Waals surface area (Å²) in [6.07, 6.45) is 11.2. The number of aromatic nitrogens is 1. The second-order valence-electron chi connectivity index (χ2n) is 6.52. The molecule has 0 aliphatic heterocycles. The van der Waals surface area contributed by atoms with E-state index in [-0.39, 0.29) is 6.61 Å². The molecule has 0 aliphatic rings. The number of aryl methyl sites for hydroxylation is 1. The minimum absolute atomic E-state index is 0.224. The van der Waals surface area contributed by atoms with Gasteiger partial charge in [-0.05, 0) is 55.2 Å². The van der Waals surface area contributed by atoms with E-state index in [0.717, 1.165) is 48.4 Å². The average Bonchev–Trinajstić information content (AvgIpc) is 2.66. The first kappa shape index (κ1) is 19.5. The van der Waals surface area contributed by atoms with E-state index in [0.29, 0.717) is 0 Å². The number of rotatable bonds is 12. The van der Waals surface area contributed by atoms with Gasteiger partial charge in [-0.3, -0.25) is 4.98 Å². The molecule has 0 saturated carbocycles. The summed E-state index contributed by atoms with van der Waals surface area (Å²) in [5.74, 6) is 0.928. The Balaban J connectivity index is 1.75. The van der Waals surface area contributed by atoms with Gasteiger partial charge in [0.05, 0.1) is 12.3 Å². The Morgan fingerprint density at radius 1 is 0.880 bits per heavy atom. The summed E-state index contributed by atoms with van der Waals surface area (Å²) in [7, 11) is 0. The smallest absolute Gasteiger partial charge is 0.119 e. The van der Waals surface area contributed by atoms with Gasteiger partial charge >= 0.3 is 0 Å². The maximum Gasteiger partial charge on any atom is 0.119 e. The molecular formula is C22H31NO2. The van der Waals surface area contributed by atoms with Gasteiger partial charge in [0.15, 0.2) is 0 Å². The first-order valence-electron chi connectivity index (χ1n) is 9.62. The Morgan fingerprint density at radius 3 is 2.32 bits per heavy atom. The first-order valence-corrected chi connectivity index (χ1v) is 9.62. The van der Waals surface area contributed by atoms with E-state index in [2.05, 4.69) is 30.1 Å². The third kappa shape index (κ3) is 7.27. The molecule has 0 spiro atoms. The van der Waals surface area contributed by atoms with Crippen molar-refractivity contribution in [2.24, 2.45) is 0 Å². The van der Waals surface area contributed by atoms with Crippen molar-refractivity contribution in [2.45, 2.75) is 58.3 Å². The number of aliphatic hydroxyl groups excluding tert-OH is 1. The number of aliphatic hydroxyl groups is 1. The first-order chi connectivity index (χ1) is 12.3. The van der Waals surface area contributed by atoms with Crippen LogP contribution in [0, 0.1) is 0 Å². The van der Waals surface area contributed by atoms with Gasteiger partial charge in [-0.15, -0.1) is 0 Å². The molecule has 1 aromatic carbocycles. The van der Waals surface area contributed by atoms with E-state index >= 15 is 0 Å². The monoisotopic (exact) mass is 341 g/mol. The van der Waals surface area contributed by atoms with Crippen LogP contribution in [0.5, 0.6) is 5.75 Å². The van der Waals surface area contributed by atoms with Crippen LogP contribution in [0.3, 0.4) is 0 Å². The Bertz CT molecular complexity index is 578. The fourth-order valence-corrected chi connectivity index (χ4v) is 2.82. The molecule has 0 atom stereocenters. The van der Waals surface area contributed by atoms with E-state index in [1.54, 1.807) is 0 Å². The minimum Gasteiger partial charge on any atom is -0.494 e. The number of hydrogen-bond acceptors (Lipinski definition) is 3. The molecule has 0 amide bonds. The summed E-state index contributed by atoms with van der Waals surface area (Å²) < 4.78 is 5.82. The van der Waals surface area contributed by atoms with Gasteiger partial charge in [0, 0.05) is 18.4 Å². The third-order valence-electron chi connectivity index (χ3n) is 4.37. The second-order valence-corrected chi connectivity index (χ2v) is 6.52. The zero-order chi connectivity index (χ0) is 17.7. The molecule has 0 radical (unpaired) electrons. The van der Waals surface area contributed by atoms with Crippen molar-refractivity contribution in [3.05, 3.63) is 48.2 Å². The molecule has 0 aliphatic carbocycles. The number of pyridine rings is 1. The second kappa shape index (κ2) is 11.6. The van der Waals surface area contributed by atoms with Crippen LogP contribution in [0.4, 0.5) is 0 Å². The fraction of sp³-hybridized carbons (Fsp3) is 0.500. The molecule has 0 unspecified atom stereocenters. The zero-order valence-electron chi connectivity index (χ0n) is 15.4. The van der Waals surface area contributed by atoms with Gasteiger partial charge in [-0.2, -0.15) is 0 Å². The molecule has 1 heterocycles. The summed E-state index contributed by atoms with van der Waals surface area (Å²) in [6.45, 7) is 3.26. The van der Waals surface area contributed by atoms with Crippen molar-refractivity contribution in [2.75, 3.05) is 13.2 Å². The van der Waals surface area contributed by atoms with Crippen molar-refractivity contribution in [3.63, 3.8) is 0 Å². The van der Waals surface area contributed by atoms with Gasteiger partial charge in [-0.25, -0.2) is 0 Å². The SMILES string of the molecule is CCCCCCCCOc1ccc(-c2ccc(CCCO)cn2)cc1. The lowest BCUT2D eigenvalue weighted by Gasteiger charge is -2.08. The van der Waals surface area contributed by atoms with Crippen LogP contribution in [0.1, 0.15) is 57.4 Å². The summed E-state index contributed by atoms with van der Waals surface area (Å²) in [5, 5.41) is 8.88. The Kier molecular flexibility index (Phi) is 9.06. The van der Waals surface area contributed by atoms with E-state index in [1.807, 2.05) is 24.4 Å². The number of hydrogen-bond donors (Lipinski definition) is 1.